The monoisotopic (exact) mass is 274 g/mol. The van der Waals surface area contributed by atoms with Crippen LogP contribution in [-0.4, -0.2) is 22.4 Å². The number of rotatable bonds is 6. The van der Waals surface area contributed by atoms with E-state index in [1.54, 1.807) is 0 Å². The lowest BCUT2D eigenvalue weighted by Gasteiger charge is -2.03. The summed E-state index contributed by atoms with van der Waals surface area (Å²) in [5.74, 6) is 0.471. The zero-order valence-corrected chi connectivity index (χ0v) is 12.4. The van der Waals surface area contributed by atoms with E-state index in [0.29, 0.717) is 25.5 Å². The number of aromatic nitrogens is 2. The molecule has 1 aromatic heterocycles. The van der Waals surface area contributed by atoms with Crippen molar-refractivity contribution in [3.8, 4) is 0 Å². The summed E-state index contributed by atoms with van der Waals surface area (Å²) in [7, 11) is 0. The topological polar surface area (TPSA) is 44.1 Å². The molecule has 2 aromatic rings. The van der Waals surface area contributed by atoms with Crippen molar-refractivity contribution < 1.29 is 9.53 Å². The molecule has 0 atom stereocenters. The van der Waals surface area contributed by atoms with E-state index in [1.807, 2.05) is 23.9 Å². The molecule has 0 unspecified atom stereocenters. The summed E-state index contributed by atoms with van der Waals surface area (Å²) in [6.07, 6.45) is 3.43. The molecule has 0 fully saturated rings. The Morgan fingerprint density at radius 3 is 2.90 bits per heavy atom. The summed E-state index contributed by atoms with van der Waals surface area (Å²) in [6, 6.07) is 6.36. The second-order valence-electron chi connectivity index (χ2n) is 5.44. The number of hydrogen-bond acceptors (Lipinski definition) is 3. The van der Waals surface area contributed by atoms with Crippen LogP contribution in [0, 0.1) is 5.92 Å². The molecule has 0 aliphatic rings. The Morgan fingerprint density at radius 2 is 2.20 bits per heavy atom. The largest absolute Gasteiger partial charge is 0.466 e. The highest BCUT2D eigenvalue weighted by Crippen LogP contribution is 2.17. The van der Waals surface area contributed by atoms with Gasteiger partial charge in [0.05, 0.1) is 25.1 Å². The summed E-state index contributed by atoms with van der Waals surface area (Å²) in [4.78, 5) is 11.3. The van der Waals surface area contributed by atoms with Crippen LogP contribution in [0.1, 0.15) is 32.8 Å². The minimum absolute atomic E-state index is 0.174. The van der Waals surface area contributed by atoms with E-state index in [2.05, 4.69) is 31.1 Å². The Kier molecular flexibility index (Phi) is 4.77. The van der Waals surface area contributed by atoms with Crippen LogP contribution in [0.15, 0.2) is 24.4 Å². The molecule has 0 spiro atoms. The van der Waals surface area contributed by atoms with Gasteiger partial charge >= 0.3 is 5.97 Å². The molecule has 4 nitrogen and oxygen atoms in total. The summed E-state index contributed by atoms with van der Waals surface area (Å²) in [5.41, 5.74) is 2.30. The molecular formula is C16H22N2O2. The number of aryl methyl sites for hydroxylation is 1. The molecule has 1 aromatic carbocycles. The zero-order valence-electron chi connectivity index (χ0n) is 12.4. The molecule has 0 saturated heterocycles. The van der Waals surface area contributed by atoms with Gasteiger partial charge in [-0.05, 0) is 37.0 Å². The molecule has 0 bridgehead atoms. The van der Waals surface area contributed by atoms with Crippen LogP contribution >= 0.6 is 0 Å². The first-order valence-electron chi connectivity index (χ1n) is 7.20. The number of fused-ring (bicyclic) bond motifs is 1. The van der Waals surface area contributed by atoms with Crippen molar-refractivity contribution in [1.82, 2.24) is 9.78 Å². The molecule has 0 saturated carbocycles. The van der Waals surface area contributed by atoms with Crippen LogP contribution in [0.5, 0.6) is 0 Å². The first-order chi connectivity index (χ1) is 9.58. The second kappa shape index (κ2) is 6.55. The van der Waals surface area contributed by atoms with Crippen LogP contribution in [0.25, 0.3) is 10.9 Å². The third-order valence-corrected chi connectivity index (χ3v) is 3.11. The predicted octanol–water partition coefficient (Wildman–Crippen LogP) is 3.19. The van der Waals surface area contributed by atoms with Gasteiger partial charge in [0, 0.05) is 11.6 Å². The smallest absolute Gasteiger partial charge is 0.307 e. The van der Waals surface area contributed by atoms with E-state index < -0.39 is 0 Å². The fourth-order valence-electron chi connectivity index (χ4n) is 2.28. The van der Waals surface area contributed by atoms with Crippen molar-refractivity contribution in [3.05, 3.63) is 30.0 Å². The number of benzene rings is 1. The molecule has 1 heterocycles. The molecule has 20 heavy (non-hydrogen) atoms. The third kappa shape index (κ3) is 3.83. The van der Waals surface area contributed by atoms with Crippen molar-refractivity contribution in [2.75, 3.05) is 6.61 Å². The lowest BCUT2D eigenvalue weighted by Crippen LogP contribution is -2.09. The maximum atomic E-state index is 11.3. The van der Waals surface area contributed by atoms with Crippen molar-refractivity contribution in [2.24, 2.45) is 5.92 Å². The van der Waals surface area contributed by atoms with Gasteiger partial charge in [0.15, 0.2) is 0 Å². The van der Waals surface area contributed by atoms with Crippen molar-refractivity contribution in [1.29, 1.82) is 0 Å². The van der Waals surface area contributed by atoms with E-state index in [-0.39, 0.29) is 5.97 Å². The molecule has 0 radical (unpaired) electrons. The highest BCUT2D eigenvalue weighted by Gasteiger charge is 2.06. The summed E-state index contributed by atoms with van der Waals surface area (Å²) < 4.78 is 6.74. The maximum Gasteiger partial charge on any atom is 0.307 e. The van der Waals surface area contributed by atoms with Crippen molar-refractivity contribution in [2.45, 2.75) is 40.2 Å². The average Bonchev–Trinajstić information content (AvgIpc) is 2.78. The van der Waals surface area contributed by atoms with Gasteiger partial charge < -0.3 is 4.74 Å². The van der Waals surface area contributed by atoms with E-state index in [9.17, 15) is 4.79 Å². The minimum atomic E-state index is -0.174. The maximum absolute atomic E-state index is 11.3. The first-order valence-corrected chi connectivity index (χ1v) is 7.20. The van der Waals surface area contributed by atoms with Gasteiger partial charge in [0.1, 0.15) is 0 Å². The Hall–Kier alpha value is -1.84. The number of carbonyl (C=O) groups is 1. The fraction of sp³-hybridized carbons (Fsp3) is 0.500. The van der Waals surface area contributed by atoms with Gasteiger partial charge in [-0.3, -0.25) is 9.48 Å². The molecule has 0 N–H and O–H groups in total. The van der Waals surface area contributed by atoms with E-state index in [0.717, 1.165) is 17.3 Å². The predicted molar refractivity (Wildman–Crippen MR) is 79.5 cm³/mol. The van der Waals surface area contributed by atoms with Crippen LogP contribution in [0.2, 0.25) is 0 Å². The van der Waals surface area contributed by atoms with Crippen molar-refractivity contribution in [3.63, 3.8) is 0 Å². The fourth-order valence-corrected chi connectivity index (χ4v) is 2.28. The number of esters is 1. The minimum Gasteiger partial charge on any atom is -0.466 e. The standard InChI is InChI=1S/C16H22N2O2/c1-4-20-16(19)7-8-18-11-14-10-13(9-12(2)3)5-6-15(14)17-18/h5-6,10-12H,4,7-9H2,1-3H3. The summed E-state index contributed by atoms with van der Waals surface area (Å²) in [6.45, 7) is 7.24. The zero-order chi connectivity index (χ0) is 14.5. The summed E-state index contributed by atoms with van der Waals surface area (Å²) >= 11 is 0. The number of nitrogens with zero attached hydrogens (tertiary/aromatic N) is 2. The van der Waals surface area contributed by atoms with Gasteiger partial charge in [0.25, 0.3) is 0 Å². The lowest BCUT2D eigenvalue weighted by molar-refractivity contribution is -0.143. The van der Waals surface area contributed by atoms with Crippen LogP contribution in [0.4, 0.5) is 0 Å². The van der Waals surface area contributed by atoms with Crippen LogP contribution in [0.3, 0.4) is 0 Å². The van der Waals surface area contributed by atoms with Gasteiger partial charge in [-0.2, -0.15) is 5.10 Å². The Balaban J connectivity index is 2.07. The molecule has 0 amide bonds. The van der Waals surface area contributed by atoms with Crippen molar-refractivity contribution >= 4 is 16.9 Å². The molecule has 4 heteroatoms. The average molecular weight is 274 g/mol. The van der Waals surface area contributed by atoms with Gasteiger partial charge in [-0.25, -0.2) is 0 Å². The Morgan fingerprint density at radius 1 is 1.40 bits per heavy atom. The molecular weight excluding hydrogens is 252 g/mol. The van der Waals surface area contributed by atoms with Gasteiger partial charge in [0.2, 0.25) is 0 Å². The van der Waals surface area contributed by atoms with Crippen LogP contribution in [-0.2, 0) is 22.5 Å². The lowest BCUT2D eigenvalue weighted by atomic mass is 10.0. The summed E-state index contributed by atoms with van der Waals surface area (Å²) in [5, 5.41) is 5.61. The Labute approximate surface area is 119 Å². The number of carbonyl (C=O) groups excluding carboxylic acids is 1. The molecule has 2 rings (SSSR count). The first kappa shape index (κ1) is 14.6. The Bertz CT molecular complexity index is 587. The highest BCUT2D eigenvalue weighted by molar-refractivity contribution is 5.78. The van der Waals surface area contributed by atoms with Gasteiger partial charge in [-0.15, -0.1) is 0 Å². The van der Waals surface area contributed by atoms with Gasteiger partial charge in [-0.1, -0.05) is 19.9 Å². The normalized spacial score (nSPS) is 11.2. The second-order valence-corrected chi connectivity index (χ2v) is 5.44. The molecule has 0 aliphatic carbocycles. The quantitative estimate of drug-likeness (QED) is 0.760. The highest BCUT2D eigenvalue weighted by atomic mass is 16.5. The number of hydrogen-bond donors (Lipinski definition) is 0. The number of ether oxygens (including phenoxy) is 1. The SMILES string of the molecule is CCOC(=O)CCn1cc2cc(CC(C)C)ccc2n1. The van der Waals surface area contributed by atoms with E-state index in [1.165, 1.54) is 5.56 Å². The van der Waals surface area contributed by atoms with E-state index in [4.69, 9.17) is 4.74 Å². The molecule has 0 aliphatic heterocycles. The van der Waals surface area contributed by atoms with E-state index >= 15 is 0 Å². The van der Waals surface area contributed by atoms with Crippen LogP contribution < -0.4 is 0 Å². The third-order valence-electron chi connectivity index (χ3n) is 3.11. The molecule has 108 valence electrons.